The first-order valence-electron chi connectivity index (χ1n) is 5.64. The minimum atomic E-state index is -0.341. The minimum absolute atomic E-state index is 0.228. The lowest BCUT2D eigenvalue weighted by atomic mass is 10.1. The van der Waals surface area contributed by atoms with E-state index in [1.807, 2.05) is 0 Å². The van der Waals surface area contributed by atoms with Crippen molar-refractivity contribution in [2.24, 2.45) is 0 Å². The first-order chi connectivity index (χ1) is 9.08. The first kappa shape index (κ1) is 13.5. The number of benzene rings is 2. The Balaban J connectivity index is 2.09. The van der Waals surface area contributed by atoms with Crippen LogP contribution in [0.4, 0.5) is 10.1 Å². The van der Waals surface area contributed by atoms with Gasteiger partial charge in [-0.2, -0.15) is 0 Å². The number of carbonyl (C=O) groups excluding carboxylic acids is 1. The van der Waals surface area contributed by atoms with Crippen LogP contribution in [0.25, 0.3) is 0 Å². The summed E-state index contributed by atoms with van der Waals surface area (Å²) < 4.78 is 13.9. The lowest BCUT2D eigenvalue weighted by molar-refractivity contribution is 0.0951. The van der Waals surface area contributed by atoms with Gasteiger partial charge in [-0.1, -0.05) is 28.1 Å². The second kappa shape index (κ2) is 5.84. The maximum Gasteiger partial charge on any atom is 0.253 e. The summed E-state index contributed by atoms with van der Waals surface area (Å²) in [5.41, 5.74) is 7.21. The third kappa shape index (κ3) is 3.32. The van der Waals surface area contributed by atoms with Crippen molar-refractivity contribution in [3.8, 4) is 0 Å². The van der Waals surface area contributed by atoms with E-state index in [0.717, 1.165) is 4.47 Å². The molecule has 0 aliphatic carbocycles. The van der Waals surface area contributed by atoms with Crippen molar-refractivity contribution in [3.63, 3.8) is 0 Å². The zero-order valence-electron chi connectivity index (χ0n) is 9.99. The number of carbonyl (C=O) groups is 1. The Labute approximate surface area is 118 Å². The van der Waals surface area contributed by atoms with Gasteiger partial charge in [0.2, 0.25) is 0 Å². The Morgan fingerprint density at radius 2 is 2.00 bits per heavy atom. The molecule has 3 nitrogen and oxygen atoms in total. The van der Waals surface area contributed by atoms with Gasteiger partial charge in [-0.25, -0.2) is 4.39 Å². The van der Waals surface area contributed by atoms with Gasteiger partial charge in [0.15, 0.2) is 0 Å². The van der Waals surface area contributed by atoms with Gasteiger partial charge in [-0.3, -0.25) is 4.79 Å². The molecule has 2 aromatic rings. The van der Waals surface area contributed by atoms with Crippen molar-refractivity contribution in [3.05, 3.63) is 63.9 Å². The molecule has 19 heavy (non-hydrogen) atoms. The number of hydrogen-bond donors (Lipinski definition) is 2. The summed E-state index contributed by atoms with van der Waals surface area (Å²) in [6.45, 7) is 0.228. The molecule has 0 spiro atoms. The van der Waals surface area contributed by atoms with E-state index in [1.54, 1.807) is 30.3 Å². The van der Waals surface area contributed by atoms with E-state index in [4.69, 9.17) is 5.73 Å². The number of nitrogens with two attached hydrogens (primary N) is 1. The molecule has 0 radical (unpaired) electrons. The van der Waals surface area contributed by atoms with Crippen LogP contribution in [-0.2, 0) is 6.54 Å². The van der Waals surface area contributed by atoms with Gasteiger partial charge in [0.1, 0.15) is 5.82 Å². The highest BCUT2D eigenvalue weighted by molar-refractivity contribution is 9.10. The van der Waals surface area contributed by atoms with Crippen LogP contribution < -0.4 is 11.1 Å². The maximum atomic E-state index is 13.1. The van der Waals surface area contributed by atoms with Crippen LogP contribution in [0.5, 0.6) is 0 Å². The van der Waals surface area contributed by atoms with Crippen molar-refractivity contribution >= 4 is 27.5 Å². The average Bonchev–Trinajstić information content (AvgIpc) is 2.40. The molecule has 5 heteroatoms. The molecule has 0 bridgehead atoms. The normalized spacial score (nSPS) is 10.2. The van der Waals surface area contributed by atoms with E-state index in [1.165, 1.54) is 12.1 Å². The van der Waals surface area contributed by atoms with Crippen molar-refractivity contribution in [2.75, 3.05) is 5.73 Å². The van der Waals surface area contributed by atoms with Gasteiger partial charge in [-0.15, -0.1) is 0 Å². The highest BCUT2D eigenvalue weighted by Gasteiger charge is 2.09. The summed E-state index contributed by atoms with van der Waals surface area (Å²) >= 11 is 3.31. The van der Waals surface area contributed by atoms with Gasteiger partial charge < -0.3 is 11.1 Å². The third-order valence-corrected chi connectivity index (χ3v) is 3.43. The molecule has 0 unspecified atom stereocenters. The number of nitrogens with one attached hydrogen (secondary N) is 1. The Bertz CT molecular complexity index is 616. The Morgan fingerprint density at radius 3 is 2.74 bits per heavy atom. The molecule has 0 aromatic heterocycles. The first-order valence-corrected chi connectivity index (χ1v) is 6.44. The molecule has 2 rings (SSSR count). The van der Waals surface area contributed by atoms with E-state index in [-0.39, 0.29) is 18.3 Å². The Kier molecular flexibility index (Phi) is 4.16. The molecular weight excluding hydrogens is 311 g/mol. The number of halogens is 2. The van der Waals surface area contributed by atoms with Gasteiger partial charge >= 0.3 is 0 Å². The van der Waals surface area contributed by atoms with Crippen LogP contribution in [0, 0.1) is 5.82 Å². The number of hydrogen-bond acceptors (Lipinski definition) is 2. The monoisotopic (exact) mass is 322 g/mol. The Morgan fingerprint density at radius 1 is 1.26 bits per heavy atom. The fourth-order valence-corrected chi connectivity index (χ4v) is 2.04. The zero-order chi connectivity index (χ0) is 13.8. The van der Waals surface area contributed by atoms with Crippen LogP contribution in [-0.4, -0.2) is 5.91 Å². The summed E-state index contributed by atoms with van der Waals surface area (Å²) in [5, 5.41) is 2.71. The summed E-state index contributed by atoms with van der Waals surface area (Å²) in [7, 11) is 0. The van der Waals surface area contributed by atoms with E-state index < -0.39 is 0 Å². The second-order valence-corrected chi connectivity index (χ2v) is 4.86. The fourth-order valence-electron chi connectivity index (χ4n) is 1.65. The highest BCUT2D eigenvalue weighted by Crippen LogP contribution is 2.18. The number of para-hydroxylation sites is 1. The lowest BCUT2D eigenvalue weighted by Crippen LogP contribution is -2.24. The highest BCUT2D eigenvalue weighted by atomic mass is 79.9. The predicted octanol–water partition coefficient (Wildman–Crippen LogP) is 3.10. The van der Waals surface area contributed by atoms with E-state index >= 15 is 0 Å². The molecular formula is C14H12BrFN2O. The predicted molar refractivity (Wildman–Crippen MR) is 76.1 cm³/mol. The molecule has 0 heterocycles. The van der Waals surface area contributed by atoms with Crippen LogP contribution in [0.3, 0.4) is 0 Å². The smallest absolute Gasteiger partial charge is 0.253 e. The average molecular weight is 323 g/mol. The van der Waals surface area contributed by atoms with Crippen molar-refractivity contribution in [1.82, 2.24) is 5.32 Å². The summed E-state index contributed by atoms with van der Waals surface area (Å²) in [6, 6.07) is 11.1. The summed E-state index contributed by atoms with van der Waals surface area (Å²) in [5.74, 6) is -0.624. The van der Waals surface area contributed by atoms with E-state index in [2.05, 4.69) is 21.2 Å². The molecule has 0 saturated heterocycles. The largest absolute Gasteiger partial charge is 0.398 e. The van der Waals surface area contributed by atoms with Gasteiger partial charge in [0.25, 0.3) is 5.91 Å². The van der Waals surface area contributed by atoms with Crippen molar-refractivity contribution in [1.29, 1.82) is 0 Å². The van der Waals surface area contributed by atoms with Crippen molar-refractivity contribution < 1.29 is 9.18 Å². The quantitative estimate of drug-likeness (QED) is 0.853. The number of amides is 1. The van der Waals surface area contributed by atoms with Gasteiger partial charge in [0.05, 0.1) is 5.56 Å². The van der Waals surface area contributed by atoms with Crippen molar-refractivity contribution in [2.45, 2.75) is 6.54 Å². The molecule has 3 N–H and O–H groups in total. The minimum Gasteiger partial charge on any atom is -0.398 e. The molecule has 98 valence electrons. The number of nitrogen functional groups attached to an aromatic ring is 1. The molecule has 0 atom stereocenters. The molecule has 1 amide bonds. The molecule has 0 fully saturated rings. The lowest BCUT2D eigenvalue weighted by Gasteiger charge is -2.09. The second-order valence-electron chi connectivity index (χ2n) is 4.01. The van der Waals surface area contributed by atoms with Crippen LogP contribution in [0.1, 0.15) is 15.9 Å². The van der Waals surface area contributed by atoms with Gasteiger partial charge in [0, 0.05) is 16.7 Å². The fraction of sp³-hybridized carbons (Fsp3) is 0.0714. The number of rotatable bonds is 3. The van der Waals surface area contributed by atoms with Crippen LogP contribution >= 0.6 is 15.9 Å². The van der Waals surface area contributed by atoms with Crippen LogP contribution in [0.15, 0.2) is 46.9 Å². The number of anilines is 1. The van der Waals surface area contributed by atoms with E-state index in [0.29, 0.717) is 16.8 Å². The zero-order valence-corrected chi connectivity index (χ0v) is 11.6. The van der Waals surface area contributed by atoms with E-state index in [9.17, 15) is 9.18 Å². The van der Waals surface area contributed by atoms with Crippen LogP contribution in [0.2, 0.25) is 0 Å². The topological polar surface area (TPSA) is 55.1 Å². The summed E-state index contributed by atoms with van der Waals surface area (Å²) in [4.78, 5) is 11.9. The third-order valence-electron chi connectivity index (χ3n) is 2.65. The standard InChI is InChI=1S/C14H12BrFN2O/c15-12-6-5-10(16)7-9(12)8-18-14(19)11-3-1-2-4-13(11)17/h1-7H,8,17H2,(H,18,19). The Hall–Kier alpha value is -1.88. The molecule has 0 aliphatic heterocycles. The molecule has 0 saturated carbocycles. The summed E-state index contributed by atoms with van der Waals surface area (Å²) in [6.07, 6.45) is 0. The molecule has 0 aliphatic rings. The SMILES string of the molecule is Nc1ccccc1C(=O)NCc1cc(F)ccc1Br. The maximum absolute atomic E-state index is 13.1. The molecule has 2 aromatic carbocycles. The van der Waals surface area contributed by atoms with Gasteiger partial charge in [-0.05, 0) is 35.9 Å².